The van der Waals surface area contributed by atoms with Crippen molar-refractivity contribution in [3.63, 3.8) is 0 Å². The lowest BCUT2D eigenvalue weighted by Crippen LogP contribution is -2.72. The molecule has 2 N–H and O–H groups in total. The van der Waals surface area contributed by atoms with Crippen LogP contribution in [-0.4, -0.2) is 50.5 Å². The first-order valence-corrected chi connectivity index (χ1v) is 15.0. The molecule has 5 aliphatic rings. The van der Waals surface area contributed by atoms with Gasteiger partial charge in [0, 0.05) is 35.9 Å². The van der Waals surface area contributed by atoms with E-state index in [-0.39, 0.29) is 47.3 Å². The molecule has 0 radical (unpaired) electrons. The van der Waals surface area contributed by atoms with Crippen molar-refractivity contribution in [2.45, 2.75) is 95.2 Å². The van der Waals surface area contributed by atoms with E-state index in [2.05, 4.69) is 4.98 Å². The fourth-order valence-electron chi connectivity index (χ4n) is 8.16. The van der Waals surface area contributed by atoms with Crippen molar-refractivity contribution in [1.82, 2.24) is 4.98 Å². The van der Waals surface area contributed by atoms with Crippen LogP contribution in [0.4, 0.5) is 0 Å². The maximum absolute atomic E-state index is 13.4. The summed E-state index contributed by atoms with van der Waals surface area (Å²) in [5.74, 6) is -1.75. The first-order chi connectivity index (χ1) is 20.0. The van der Waals surface area contributed by atoms with Crippen LogP contribution in [0.3, 0.4) is 0 Å². The van der Waals surface area contributed by atoms with Crippen LogP contribution < -0.4 is 10.4 Å². The summed E-state index contributed by atoms with van der Waals surface area (Å²) in [6, 6.07) is 5.04. The van der Waals surface area contributed by atoms with Crippen molar-refractivity contribution in [2.24, 2.45) is 29.1 Å². The summed E-state index contributed by atoms with van der Waals surface area (Å²) in [7, 11) is 0. The van der Waals surface area contributed by atoms with E-state index < -0.39 is 52.4 Å². The lowest BCUT2D eigenvalue weighted by atomic mass is 9.45. The summed E-state index contributed by atoms with van der Waals surface area (Å²) >= 11 is 0. The number of rotatable bonds is 5. The molecule has 0 spiro atoms. The molecule has 4 aliphatic carbocycles. The van der Waals surface area contributed by atoms with Crippen LogP contribution in [0.5, 0.6) is 5.75 Å². The quantitative estimate of drug-likeness (QED) is 0.503. The normalized spacial score (nSPS) is 38.7. The van der Waals surface area contributed by atoms with Gasteiger partial charge in [-0.2, -0.15) is 0 Å². The number of hydrogen-bond donors (Lipinski definition) is 2. The van der Waals surface area contributed by atoms with Crippen molar-refractivity contribution in [3.8, 4) is 17.1 Å². The number of fused-ring (bicyclic) bond motifs is 4. The summed E-state index contributed by atoms with van der Waals surface area (Å²) in [5.41, 5.74) is -3.42. The first-order valence-electron chi connectivity index (χ1n) is 15.0. The summed E-state index contributed by atoms with van der Waals surface area (Å²) < 4.78 is 24.4. The molecule has 1 aliphatic heterocycles. The third-order valence-corrected chi connectivity index (χ3v) is 10.8. The minimum absolute atomic E-state index is 0.00171. The molecule has 0 amide bonds. The van der Waals surface area contributed by atoms with Gasteiger partial charge in [0.05, 0.1) is 24.0 Å². The molecule has 0 unspecified atom stereocenters. The number of hydrogen-bond acceptors (Lipinski definition) is 10. The summed E-state index contributed by atoms with van der Waals surface area (Å²) in [6.45, 7) is 5.56. The number of esters is 2. The van der Waals surface area contributed by atoms with E-state index in [0.29, 0.717) is 18.4 Å². The van der Waals surface area contributed by atoms with Crippen molar-refractivity contribution in [2.75, 3.05) is 0 Å². The minimum atomic E-state index is -1.32. The van der Waals surface area contributed by atoms with E-state index >= 15 is 0 Å². The Balaban J connectivity index is 1.29. The summed E-state index contributed by atoms with van der Waals surface area (Å²) in [5, 5.41) is 23.7. The molecule has 10 heteroatoms. The molecule has 4 saturated carbocycles. The molecule has 3 heterocycles. The van der Waals surface area contributed by atoms with E-state index in [9.17, 15) is 24.6 Å². The van der Waals surface area contributed by atoms with Crippen LogP contribution in [0.15, 0.2) is 39.8 Å². The smallest absolute Gasteiger partial charge is 0.345 e. The monoisotopic (exact) mass is 579 g/mol. The van der Waals surface area contributed by atoms with Gasteiger partial charge < -0.3 is 28.8 Å². The van der Waals surface area contributed by atoms with Gasteiger partial charge in [0.25, 0.3) is 0 Å². The SMILES string of the molecule is C[C@]12CC[C@H](OC(=O)C3CC3)[C@](C)(OC(=O)C3CC3)[C@@H]1C[C@H](O)[C@@]1(C)Oc3cc(-c4cccnc4)oc(=O)c3[C@H](O)[C@H]21. The Kier molecular flexibility index (Phi) is 6.16. The van der Waals surface area contributed by atoms with Gasteiger partial charge in [-0.05, 0) is 76.3 Å². The van der Waals surface area contributed by atoms with Gasteiger partial charge in [-0.3, -0.25) is 14.6 Å². The predicted molar refractivity (Wildman–Crippen MR) is 147 cm³/mol. The highest BCUT2D eigenvalue weighted by molar-refractivity contribution is 5.76. The van der Waals surface area contributed by atoms with Crippen LogP contribution in [0.25, 0.3) is 11.3 Å². The zero-order valence-electron chi connectivity index (χ0n) is 24.1. The summed E-state index contributed by atoms with van der Waals surface area (Å²) in [6.07, 6.45) is 4.25. The lowest BCUT2D eigenvalue weighted by Gasteiger charge is -2.65. The Labute approximate surface area is 243 Å². The Hall–Kier alpha value is -3.24. The standard InChI is InChI=1S/C32H37NO9/c1-30-11-10-23(40-27(36)16-6-7-16)31(2,42-28(37)17-8-9-17)21(30)14-22(34)32(3)26(30)25(35)24-20(41-32)13-19(39-29(24)38)18-5-4-12-33-15-18/h4-5,12-13,15-17,21-23,25-26,34-35H,6-11,14H2,1-3H3/t21-,22+,23+,25+,26-,30+,31-,32-/m1/s1. The van der Waals surface area contributed by atoms with Gasteiger partial charge in [0.1, 0.15) is 34.4 Å². The largest absolute Gasteiger partial charge is 0.484 e. The molecule has 7 rings (SSSR count). The average Bonchev–Trinajstić information content (AvgIpc) is 3.85. The second kappa shape index (κ2) is 9.38. The van der Waals surface area contributed by atoms with E-state index in [0.717, 1.165) is 25.7 Å². The van der Waals surface area contributed by atoms with Crippen LogP contribution in [-0.2, 0) is 19.1 Å². The fourth-order valence-corrected chi connectivity index (χ4v) is 8.16. The predicted octanol–water partition coefficient (Wildman–Crippen LogP) is 3.72. The van der Waals surface area contributed by atoms with Gasteiger partial charge in [0.15, 0.2) is 0 Å². The highest BCUT2D eigenvalue weighted by Gasteiger charge is 2.71. The Morgan fingerprint density at radius 1 is 1.05 bits per heavy atom. The van der Waals surface area contributed by atoms with E-state index in [1.165, 1.54) is 0 Å². The van der Waals surface area contributed by atoms with Crippen LogP contribution in [0.1, 0.15) is 77.4 Å². The second-order valence-corrected chi connectivity index (χ2v) is 13.6. The van der Waals surface area contributed by atoms with Crippen LogP contribution in [0.2, 0.25) is 0 Å². The number of ether oxygens (including phenoxy) is 3. The Morgan fingerprint density at radius 3 is 2.43 bits per heavy atom. The van der Waals surface area contributed by atoms with Crippen LogP contribution in [0, 0.1) is 29.1 Å². The zero-order chi connectivity index (χ0) is 29.6. The molecule has 8 atom stereocenters. The minimum Gasteiger partial charge on any atom is -0.484 e. The molecule has 0 aromatic carbocycles. The van der Waals surface area contributed by atoms with E-state index in [1.807, 2.05) is 6.92 Å². The van der Waals surface area contributed by atoms with Gasteiger partial charge in [-0.25, -0.2) is 4.79 Å². The van der Waals surface area contributed by atoms with Crippen molar-refractivity contribution in [1.29, 1.82) is 0 Å². The highest BCUT2D eigenvalue weighted by atomic mass is 16.6. The highest BCUT2D eigenvalue weighted by Crippen LogP contribution is 2.66. The molecule has 10 nitrogen and oxygen atoms in total. The maximum atomic E-state index is 13.4. The second-order valence-electron chi connectivity index (χ2n) is 13.6. The van der Waals surface area contributed by atoms with Crippen molar-refractivity contribution < 1.29 is 38.4 Å². The number of carbonyl (C=O) groups excluding carboxylic acids is 2. The number of pyridine rings is 1. The molecule has 2 aromatic rings. The number of aromatic nitrogens is 1. The Bertz CT molecular complexity index is 1480. The molecule has 0 saturated heterocycles. The third kappa shape index (κ3) is 4.12. The third-order valence-electron chi connectivity index (χ3n) is 10.8. The number of carbonyl (C=O) groups is 2. The number of nitrogens with zero attached hydrogens (tertiary/aromatic N) is 1. The topological polar surface area (TPSA) is 145 Å². The first kappa shape index (κ1) is 27.6. The van der Waals surface area contributed by atoms with Crippen molar-refractivity contribution in [3.05, 3.63) is 46.6 Å². The molecular formula is C32H37NO9. The Morgan fingerprint density at radius 2 is 1.76 bits per heavy atom. The maximum Gasteiger partial charge on any atom is 0.345 e. The van der Waals surface area contributed by atoms with E-state index in [1.54, 1.807) is 44.4 Å². The molecule has 4 fully saturated rings. The van der Waals surface area contributed by atoms with Gasteiger partial charge in [-0.15, -0.1) is 0 Å². The van der Waals surface area contributed by atoms with Gasteiger partial charge in [0.2, 0.25) is 0 Å². The summed E-state index contributed by atoms with van der Waals surface area (Å²) in [4.78, 5) is 43.4. The molecular weight excluding hydrogens is 542 g/mol. The molecule has 2 aromatic heterocycles. The molecule has 0 bridgehead atoms. The number of aliphatic hydroxyl groups is 2. The molecule has 224 valence electrons. The van der Waals surface area contributed by atoms with Crippen molar-refractivity contribution >= 4 is 11.9 Å². The fraction of sp³-hybridized carbons (Fsp3) is 0.625. The lowest BCUT2D eigenvalue weighted by molar-refractivity contribution is -0.282. The van der Waals surface area contributed by atoms with Crippen LogP contribution >= 0.6 is 0 Å². The zero-order valence-corrected chi connectivity index (χ0v) is 24.1. The van der Waals surface area contributed by atoms with Gasteiger partial charge in [-0.1, -0.05) is 6.92 Å². The number of aliphatic hydroxyl groups excluding tert-OH is 2. The van der Waals surface area contributed by atoms with E-state index in [4.69, 9.17) is 18.6 Å². The molecule has 42 heavy (non-hydrogen) atoms. The average molecular weight is 580 g/mol. The van der Waals surface area contributed by atoms with Gasteiger partial charge >= 0.3 is 17.6 Å².